The SMILES string of the molecule is Cc1ccccc1N1CCN(C(=O)c2ccc(N(C)C)cc2)CC1. The molecule has 4 heteroatoms. The van der Waals surface area contributed by atoms with Crippen LogP contribution in [0.15, 0.2) is 48.5 Å². The molecule has 1 amide bonds. The summed E-state index contributed by atoms with van der Waals surface area (Å²) in [6, 6.07) is 16.3. The fourth-order valence-electron chi connectivity index (χ4n) is 3.15. The summed E-state index contributed by atoms with van der Waals surface area (Å²) in [4.78, 5) is 19.0. The number of piperazine rings is 1. The molecule has 4 nitrogen and oxygen atoms in total. The zero-order chi connectivity index (χ0) is 17.1. The van der Waals surface area contributed by atoms with E-state index in [2.05, 4.69) is 36.1 Å². The third kappa shape index (κ3) is 3.37. The Labute approximate surface area is 144 Å². The molecule has 1 fully saturated rings. The fraction of sp³-hybridized carbons (Fsp3) is 0.350. The highest BCUT2D eigenvalue weighted by atomic mass is 16.2. The zero-order valence-electron chi connectivity index (χ0n) is 14.7. The number of anilines is 2. The number of carbonyl (C=O) groups is 1. The van der Waals surface area contributed by atoms with Gasteiger partial charge in [0.25, 0.3) is 5.91 Å². The van der Waals surface area contributed by atoms with E-state index in [1.807, 2.05) is 48.2 Å². The van der Waals surface area contributed by atoms with Gasteiger partial charge in [-0.2, -0.15) is 0 Å². The summed E-state index contributed by atoms with van der Waals surface area (Å²) in [6.45, 7) is 5.43. The Balaban J connectivity index is 1.64. The molecule has 0 spiro atoms. The van der Waals surface area contributed by atoms with Crippen LogP contribution in [0.1, 0.15) is 15.9 Å². The van der Waals surface area contributed by atoms with Gasteiger partial charge in [-0.25, -0.2) is 0 Å². The Hall–Kier alpha value is -2.49. The average molecular weight is 323 g/mol. The van der Waals surface area contributed by atoms with Crippen LogP contribution in [0.25, 0.3) is 0 Å². The number of hydrogen-bond donors (Lipinski definition) is 0. The van der Waals surface area contributed by atoms with Gasteiger partial charge >= 0.3 is 0 Å². The molecule has 0 aliphatic carbocycles. The minimum atomic E-state index is 0.129. The summed E-state index contributed by atoms with van der Waals surface area (Å²) in [6.07, 6.45) is 0. The molecule has 0 N–H and O–H groups in total. The van der Waals surface area contributed by atoms with Crippen molar-refractivity contribution in [2.75, 3.05) is 50.1 Å². The van der Waals surface area contributed by atoms with Crippen LogP contribution >= 0.6 is 0 Å². The Morgan fingerprint density at radius 2 is 1.54 bits per heavy atom. The maximum absolute atomic E-state index is 12.7. The van der Waals surface area contributed by atoms with Crippen molar-refractivity contribution in [1.82, 2.24) is 4.90 Å². The van der Waals surface area contributed by atoms with Crippen LogP contribution < -0.4 is 9.80 Å². The number of hydrogen-bond acceptors (Lipinski definition) is 3. The lowest BCUT2D eigenvalue weighted by molar-refractivity contribution is 0.0747. The summed E-state index contributed by atoms with van der Waals surface area (Å²) in [5.74, 6) is 0.129. The fourth-order valence-corrected chi connectivity index (χ4v) is 3.15. The van der Waals surface area contributed by atoms with Gasteiger partial charge in [-0.15, -0.1) is 0 Å². The highest BCUT2D eigenvalue weighted by molar-refractivity contribution is 5.94. The van der Waals surface area contributed by atoms with Gasteiger partial charge in [0.1, 0.15) is 0 Å². The number of amides is 1. The van der Waals surface area contributed by atoms with Gasteiger partial charge in [-0.05, 0) is 42.8 Å². The van der Waals surface area contributed by atoms with Gasteiger partial charge in [0.2, 0.25) is 0 Å². The molecule has 126 valence electrons. The molecule has 2 aromatic rings. The van der Waals surface area contributed by atoms with Crippen molar-refractivity contribution in [2.24, 2.45) is 0 Å². The molecule has 1 saturated heterocycles. The number of aryl methyl sites for hydroxylation is 1. The molecule has 1 aliphatic heterocycles. The van der Waals surface area contributed by atoms with Crippen molar-refractivity contribution >= 4 is 17.3 Å². The van der Waals surface area contributed by atoms with Crippen LogP contribution in [0.5, 0.6) is 0 Å². The lowest BCUT2D eigenvalue weighted by atomic mass is 10.1. The van der Waals surface area contributed by atoms with E-state index in [9.17, 15) is 4.79 Å². The predicted octanol–water partition coefficient (Wildman–Crippen LogP) is 3.02. The topological polar surface area (TPSA) is 26.8 Å². The van der Waals surface area contributed by atoms with Crippen molar-refractivity contribution in [3.05, 3.63) is 59.7 Å². The van der Waals surface area contributed by atoms with Crippen molar-refractivity contribution in [3.8, 4) is 0 Å². The molecular formula is C20H25N3O. The van der Waals surface area contributed by atoms with Gasteiger partial charge in [-0.1, -0.05) is 18.2 Å². The lowest BCUT2D eigenvalue weighted by Gasteiger charge is -2.36. The van der Waals surface area contributed by atoms with Gasteiger partial charge in [0, 0.05) is 57.2 Å². The van der Waals surface area contributed by atoms with Crippen LogP contribution in [0.3, 0.4) is 0 Å². The van der Waals surface area contributed by atoms with Crippen LogP contribution in [0.4, 0.5) is 11.4 Å². The van der Waals surface area contributed by atoms with Crippen molar-refractivity contribution in [3.63, 3.8) is 0 Å². The minimum absolute atomic E-state index is 0.129. The molecule has 0 unspecified atom stereocenters. The predicted molar refractivity (Wildman–Crippen MR) is 100 cm³/mol. The normalized spacial score (nSPS) is 14.6. The molecule has 24 heavy (non-hydrogen) atoms. The second-order valence-electron chi connectivity index (χ2n) is 6.51. The van der Waals surface area contributed by atoms with E-state index in [1.54, 1.807) is 0 Å². The van der Waals surface area contributed by atoms with E-state index in [0.717, 1.165) is 37.4 Å². The first-order chi connectivity index (χ1) is 11.6. The van der Waals surface area contributed by atoms with E-state index in [1.165, 1.54) is 11.3 Å². The van der Waals surface area contributed by atoms with E-state index in [0.29, 0.717) is 0 Å². The largest absolute Gasteiger partial charge is 0.378 e. The maximum atomic E-state index is 12.7. The molecule has 1 aliphatic rings. The Morgan fingerprint density at radius 3 is 2.12 bits per heavy atom. The first kappa shape index (κ1) is 16.4. The van der Waals surface area contributed by atoms with E-state index in [-0.39, 0.29) is 5.91 Å². The number of benzene rings is 2. The summed E-state index contributed by atoms with van der Waals surface area (Å²) in [7, 11) is 4.00. The third-order valence-electron chi connectivity index (χ3n) is 4.65. The van der Waals surface area contributed by atoms with Gasteiger partial charge in [0.05, 0.1) is 0 Å². The first-order valence-corrected chi connectivity index (χ1v) is 8.43. The van der Waals surface area contributed by atoms with Crippen LogP contribution in [0, 0.1) is 6.92 Å². The third-order valence-corrected chi connectivity index (χ3v) is 4.65. The summed E-state index contributed by atoms with van der Waals surface area (Å²) in [5, 5.41) is 0. The Morgan fingerprint density at radius 1 is 0.917 bits per heavy atom. The van der Waals surface area contributed by atoms with Crippen LogP contribution in [-0.2, 0) is 0 Å². The van der Waals surface area contributed by atoms with Gasteiger partial charge < -0.3 is 14.7 Å². The highest BCUT2D eigenvalue weighted by Crippen LogP contribution is 2.21. The van der Waals surface area contributed by atoms with Crippen LogP contribution in [-0.4, -0.2) is 51.1 Å². The molecule has 0 bridgehead atoms. The average Bonchev–Trinajstić information content (AvgIpc) is 2.62. The maximum Gasteiger partial charge on any atom is 0.253 e. The van der Waals surface area contributed by atoms with E-state index < -0.39 is 0 Å². The van der Waals surface area contributed by atoms with Gasteiger partial charge in [-0.3, -0.25) is 4.79 Å². The molecule has 0 saturated carbocycles. The van der Waals surface area contributed by atoms with Crippen molar-refractivity contribution < 1.29 is 4.79 Å². The lowest BCUT2D eigenvalue weighted by Crippen LogP contribution is -2.49. The first-order valence-electron chi connectivity index (χ1n) is 8.43. The standard InChI is InChI=1S/C20H25N3O/c1-16-6-4-5-7-19(16)22-12-14-23(15-13-22)20(24)17-8-10-18(11-9-17)21(2)3/h4-11H,12-15H2,1-3H3. The molecule has 0 radical (unpaired) electrons. The zero-order valence-corrected chi connectivity index (χ0v) is 14.7. The molecule has 0 aromatic heterocycles. The van der Waals surface area contributed by atoms with Crippen molar-refractivity contribution in [1.29, 1.82) is 0 Å². The van der Waals surface area contributed by atoms with E-state index in [4.69, 9.17) is 0 Å². The minimum Gasteiger partial charge on any atom is -0.378 e. The Kier molecular flexibility index (Phi) is 4.74. The summed E-state index contributed by atoms with van der Waals surface area (Å²) in [5.41, 5.74) is 4.44. The molecule has 3 rings (SSSR count). The van der Waals surface area contributed by atoms with Gasteiger partial charge in [0.15, 0.2) is 0 Å². The quantitative estimate of drug-likeness (QED) is 0.869. The van der Waals surface area contributed by atoms with Crippen molar-refractivity contribution in [2.45, 2.75) is 6.92 Å². The Bertz CT molecular complexity index is 701. The number of carbonyl (C=O) groups excluding carboxylic acids is 1. The molecule has 0 atom stereocenters. The van der Waals surface area contributed by atoms with Crippen LogP contribution in [0.2, 0.25) is 0 Å². The smallest absolute Gasteiger partial charge is 0.253 e. The monoisotopic (exact) mass is 323 g/mol. The molecular weight excluding hydrogens is 298 g/mol. The number of nitrogens with zero attached hydrogens (tertiary/aromatic N) is 3. The summed E-state index contributed by atoms with van der Waals surface area (Å²) < 4.78 is 0. The molecule has 1 heterocycles. The second-order valence-corrected chi connectivity index (χ2v) is 6.51. The van der Waals surface area contributed by atoms with E-state index >= 15 is 0 Å². The molecule has 2 aromatic carbocycles. The second kappa shape index (κ2) is 6.95. The number of para-hydroxylation sites is 1. The highest BCUT2D eigenvalue weighted by Gasteiger charge is 2.22. The summed E-state index contributed by atoms with van der Waals surface area (Å²) >= 11 is 0. The number of rotatable bonds is 3.